The number of nitrogens with one attached hydrogen (secondary N) is 1. The van der Waals surface area contributed by atoms with Gasteiger partial charge in [-0.05, 0) is 66.8 Å². The number of anilines is 1. The lowest BCUT2D eigenvalue weighted by molar-refractivity contribution is -0.122. The van der Waals surface area contributed by atoms with Gasteiger partial charge >= 0.3 is 6.03 Å². The summed E-state index contributed by atoms with van der Waals surface area (Å²) in [4.78, 5) is 42.8. The highest BCUT2D eigenvalue weighted by atomic mass is 16.2. The molecule has 4 rings (SSSR count). The maximum absolute atomic E-state index is 13.1. The monoisotopic (exact) mass is 442 g/mol. The van der Waals surface area contributed by atoms with Gasteiger partial charge in [0.05, 0.1) is 11.9 Å². The predicted molar refractivity (Wildman–Crippen MR) is 127 cm³/mol. The van der Waals surface area contributed by atoms with E-state index in [0.29, 0.717) is 5.69 Å². The lowest BCUT2D eigenvalue weighted by Crippen LogP contribution is -2.54. The number of imide groups is 2. The van der Waals surface area contributed by atoms with Gasteiger partial charge in [0, 0.05) is 23.3 Å². The van der Waals surface area contributed by atoms with E-state index < -0.39 is 17.8 Å². The smallest absolute Gasteiger partial charge is 0.318 e. The molecule has 0 saturated carbocycles. The molecule has 7 nitrogen and oxygen atoms in total. The molecule has 1 saturated heterocycles. The SMILES string of the molecule is Cc1cc(/C=C2\C(=O)NC(=O)N(c3cccnc3)C2=O)c(C)n1-c1ccc(C(C)(C)C)cc1. The first-order valence-corrected chi connectivity index (χ1v) is 10.7. The van der Waals surface area contributed by atoms with E-state index in [-0.39, 0.29) is 11.0 Å². The van der Waals surface area contributed by atoms with Crippen LogP contribution in [0.2, 0.25) is 0 Å². The van der Waals surface area contributed by atoms with E-state index in [4.69, 9.17) is 0 Å². The summed E-state index contributed by atoms with van der Waals surface area (Å²) in [7, 11) is 0. The van der Waals surface area contributed by atoms with Crippen molar-refractivity contribution < 1.29 is 14.4 Å². The lowest BCUT2D eigenvalue weighted by Gasteiger charge is -2.26. The van der Waals surface area contributed by atoms with Gasteiger partial charge < -0.3 is 4.57 Å². The van der Waals surface area contributed by atoms with Gasteiger partial charge in [0.1, 0.15) is 5.57 Å². The highest BCUT2D eigenvalue weighted by molar-refractivity contribution is 6.39. The molecule has 0 aliphatic carbocycles. The van der Waals surface area contributed by atoms with Crippen molar-refractivity contribution in [1.82, 2.24) is 14.9 Å². The molecule has 3 heterocycles. The number of rotatable bonds is 3. The van der Waals surface area contributed by atoms with Crippen molar-refractivity contribution in [1.29, 1.82) is 0 Å². The first-order valence-electron chi connectivity index (χ1n) is 10.7. The fourth-order valence-electron chi connectivity index (χ4n) is 3.98. The van der Waals surface area contributed by atoms with Gasteiger partial charge in [-0.25, -0.2) is 9.69 Å². The summed E-state index contributed by atoms with van der Waals surface area (Å²) < 4.78 is 2.08. The number of barbiturate groups is 1. The number of hydrogen-bond donors (Lipinski definition) is 1. The van der Waals surface area contributed by atoms with Crippen molar-refractivity contribution in [3.05, 3.63) is 82.9 Å². The Labute approximate surface area is 192 Å². The highest BCUT2D eigenvalue weighted by Gasteiger charge is 2.37. The van der Waals surface area contributed by atoms with Gasteiger partial charge in [-0.2, -0.15) is 0 Å². The molecule has 0 atom stereocenters. The number of amides is 4. The van der Waals surface area contributed by atoms with Gasteiger partial charge in [0.2, 0.25) is 0 Å². The maximum Gasteiger partial charge on any atom is 0.336 e. The van der Waals surface area contributed by atoms with E-state index >= 15 is 0 Å². The summed E-state index contributed by atoms with van der Waals surface area (Å²) in [6, 6.07) is 12.7. The van der Waals surface area contributed by atoms with E-state index in [0.717, 1.165) is 27.5 Å². The largest absolute Gasteiger partial charge is 0.336 e. The summed E-state index contributed by atoms with van der Waals surface area (Å²) in [6.07, 6.45) is 4.48. The van der Waals surface area contributed by atoms with Crippen LogP contribution >= 0.6 is 0 Å². The van der Waals surface area contributed by atoms with Crippen LogP contribution in [-0.2, 0) is 15.0 Å². The third-order valence-electron chi connectivity index (χ3n) is 5.77. The number of carbonyl (C=O) groups excluding carboxylic acids is 3. The van der Waals surface area contributed by atoms with E-state index in [9.17, 15) is 14.4 Å². The molecule has 0 unspecified atom stereocenters. The Morgan fingerprint density at radius 3 is 2.27 bits per heavy atom. The van der Waals surface area contributed by atoms with Crippen LogP contribution in [0.5, 0.6) is 0 Å². The zero-order valence-electron chi connectivity index (χ0n) is 19.3. The minimum atomic E-state index is -0.792. The number of aromatic nitrogens is 2. The molecular weight excluding hydrogens is 416 g/mol. The van der Waals surface area contributed by atoms with Crippen LogP contribution in [0.25, 0.3) is 11.8 Å². The summed E-state index contributed by atoms with van der Waals surface area (Å²) in [5, 5.41) is 2.25. The van der Waals surface area contributed by atoms with E-state index in [1.165, 1.54) is 17.8 Å². The van der Waals surface area contributed by atoms with Crippen LogP contribution in [0.15, 0.2) is 60.4 Å². The summed E-state index contributed by atoms with van der Waals surface area (Å²) >= 11 is 0. The number of benzene rings is 1. The van der Waals surface area contributed by atoms with Crippen LogP contribution in [0.1, 0.15) is 43.3 Å². The maximum atomic E-state index is 13.1. The summed E-state index contributed by atoms with van der Waals surface area (Å²) in [5.41, 5.74) is 5.05. The number of pyridine rings is 1. The highest BCUT2D eigenvalue weighted by Crippen LogP contribution is 2.28. The van der Waals surface area contributed by atoms with E-state index in [1.807, 2.05) is 19.9 Å². The van der Waals surface area contributed by atoms with Gasteiger partial charge in [-0.3, -0.25) is 19.9 Å². The number of urea groups is 1. The van der Waals surface area contributed by atoms with Gasteiger partial charge in [-0.1, -0.05) is 32.9 Å². The topological polar surface area (TPSA) is 84.3 Å². The Bertz CT molecular complexity index is 1280. The molecule has 7 heteroatoms. The molecule has 2 aromatic heterocycles. The molecule has 3 aromatic rings. The number of aryl methyl sites for hydroxylation is 1. The fraction of sp³-hybridized carbons (Fsp3) is 0.231. The van der Waals surface area contributed by atoms with Gasteiger partial charge in [-0.15, -0.1) is 0 Å². The first kappa shape index (κ1) is 22.2. The normalized spacial score (nSPS) is 15.8. The molecule has 1 aliphatic heterocycles. The molecule has 0 bridgehead atoms. The Kier molecular flexibility index (Phi) is 5.49. The van der Waals surface area contributed by atoms with E-state index in [2.05, 4.69) is 59.9 Å². The van der Waals surface area contributed by atoms with Crippen molar-refractivity contribution in [3.63, 3.8) is 0 Å². The summed E-state index contributed by atoms with van der Waals surface area (Å²) in [6.45, 7) is 10.4. The predicted octanol–water partition coefficient (Wildman–Crippen LogP) is 4.45. The van der Waals surface area contributed by atoms with E-state index in [1.54, 1.807) is 18.3 Å². The van der Waals surface area contributed by atoms with Crippen LogP contribution in [0, 0.1) is 13.8 Å². The minimum absolute atomic E-state index is 0.0567. The van der Waals surface area contributed by atoms with Crippen LogP contribution < -0.4 is 10.2 Å². The molecule has 4 amide bonds. The molecular formula is C26H26N4O3. The molecule has 1 aliphatic rings. The summed E-state index contributed by atoms with van der Waals surface area (Å²) in [5.74, 6) is -1.40. The van der Waals surface area contributed by atoms with Crippen molar-refractivity contribution in [2.75, 3.05) is 4.90 Å². The van der Waals surface area contributed by atoms with Crippen LogP contribution in [0.3, 0.4) is 0 Å². The Morgan fingerprint density at radius 2 is 1.67 bits per heavy atom. The zero-order valence-corrected chi connectivity index (χ0v) is 19.3. The third-order valence-corrected chi connectivity index (χ3v) is 5.77. The average molecular weight is 443 g/mol. The Balaban J connectivity index is 1.73. The lowest BCUT2D eigenvalue weighted by atomic mass is 9.87. The quantitative estimate of drug-likeness (QED) is 0.480. The molecule has 1 fully saturated rings. The molecule has 0 spiro atoms. The molecule has 0 radical (unpaired) electrons. The van der Waals surface area contributed by atoms with Gasteiger partial charge in [0.15, 0.2) is 0 Å². The van der Waals surface area contributed by atoms with Gasteiger partial charge in [0.25, 0.3) is 11.8 Å². The number of carbonyl (C=O) groups is 3. The second-order valence-electron chi connectivity index (χ2n) is 9.13. The van der Waals surface area contributed by atoms with Crippen molar-refractivity contribution in [3.8, 4) is 5.69 Å². The second kappa shape index (κ2) is 8.16. The first-order chi connectivity index (χ1) is 15.6. The number of hydrogen-bond acceptors (Lipinski definition) is 4. The van der Waals surface area contributed by atoms with Crippen molar-refractivity contribution >= 4 is 29.6 Å². The average Bonchev–Trinajstić information content (AvgIpc) is 3.04. The Hall–Kier alpha value is -4.00. The Morgan fingerprint density at radius 1 is 0.970 bits per heavy atom. The number of nitrogens with zero attached hydrogens (tertiary/aromatic N) is 3. The molecule has 33 heavy (non-hydrogen) atoms. The van der Waals surface area contributed by atoms with Crippen molar-refractivity contribution in [2.24, 2.45) is 0 Å². The molecule has 168 valence electrons. The minimum Gasteiger partial charge on any atom is -0.318 e. The second-order valence-corrected chi connectivity index (χ2v) is 9.13. The fourth-order valence-corrected chi connectivity index (χ4v) is 3.98. The molecule has 1 aromatic carbocycles. The van der Waals surface area contributed by atoms with Crippen molar-refractivity contribution in [2.45, 2.75) is 40.0 Å². The van der Waals surface area contributed by atoms with Crippen LogP contribution in [-0.4, -0.2) is 27.4 Å². The molecule has 1 N–H and O–H groups in total. The third kappa shape index (κ3) is 4.09. The zero-order chi connectivity index (χ0) is 23.9. The standard InChI is InChI=1S/C26H26N4O3/c1-16-13-18(17(2)29(16)20-10-8-19(9-11-20)26(3,4)5)14-22-23(31)28-25(33)30(24(22)32)21-7-6-12-27-15-21/h6-15H,1-5H3,(H,28,31,33)/b22-14+. The van der Waals surface area contributed by atoms with Crippen LogP contribution in [0.4, 0.5) is 10.5 Å².